The summed E-state index contributed by atoms with van der Waals surface area (Å²) in [7, 11) is 0. The molecule has 0 fully saturated rings. The van der Waals surface area contributed by atoms with Gasteiger partial charge in [0, 0.05) is 0 Å². The number of rotatable bonds is 0. The molecule has 88 valence electrons. The van der Waals surface area contributed by atoms with Gasteiger partial charge in [0.15, 0.2) is 0 Å². The zero-order valence-electron chi connectivity index (χ0n) is 8.73. The Labute approximate surface area is 108 Å². The normalized spacial score (nSPS) is 36.9. The first kappa shape index (κ1) is 12.2. The van der Waals surface area contributed by atoms with Gasteiger partial charge in [-0.15, -0.1) is 0 Å². The number of fused-ring (bicyclic) bond motifs is 1. The van der Waals surface area contributed by atoms with Crippen LogP contribution < -0.4 is 28.7 Å². The molecule has 3 atom stereocenters. The highest BCUT2D eigenvalue weighted by Gasteiger charge is 2.50. The molecule has 1 aromatic rings. The van der Waals surface area contributed by atoms with Crippen molar-refractivity contribution in [2.75, 3.05) is 0 Å². The van der Waals surface area contributed by atoms with E-state index >= 15 is 0 Å². The van der Waals surface area contributed by atoms with Crippen molar-refractivity contribution in [2.24, 2.45) is 28.7 Å². The Morgan fingerprint density at radius 3 is 2.00 bits per heavy atom. The van der Waals surface area contributed by atoms with Crippen LogP contribution in [0.15, 0.2) is 24.3 Å². The molecule has 6 heteroatoms. The Morgan fingerprint density at radius 1 is 0.938 bits per heavy atom. The van der Waals surface area contributed by atoms with Gasteiger partial charge >= 0.3 is 0 Å². The summed E-state index contributed by atoms with van der Waals surface area (Å²) in [6.45, 7) is 0. The summed E-state index contributed by atoms with van der Waals surface area (Å²) in [6, 6.07) is 6.42. The standard InChI is InChI=1S/C10H16IN5/c11-9(14)5-3-1-2-4-6(5)10(15,16)8(13)7(9)12/h1-4,7-8H,12-16H2. The molecule has 0 bridgehead atoms. The SMILES string of the molecule is NC1C(N)C(N)(I)c2ccccc2C1(N)N. The average molecular weight is 333 g/mol. The van der Waals surface area contributed by atoms with Crippen LogP contribution in [0.3, 0.4) is 0 Å². The molecular formula is C10H16IN5. The van der Waals surface area contributed by atoms with E-state index in [-0.39, 0.29) is 0 Å². The lowest BCUT2D eigenvalue weighted by molar-refractivity contribution is 0.260. The van der Waals surface area contributed by atoms with Gasteiger partial charge in [-0.3, -0.25) is 0 Å². The maximum absolute atomic E-state index is 6.22. The average Bonchev–Trinajstić information content (AvgIpc) is 2.25. The van der Waals surface area contributed by atoms with E-state index in [1.807, 2.05) is 24.3 Å². The van der Waals surface area contributed by atoms with Crippen LogP contribution in [-0.4, -0.2) is 12.1 Å². The molecule has 2 rings (SSSR count). The van der Waals surface area contributed by atoms with Crippen LogP contribution in [0.1, 0.15) is 11.1 Å². The van der Waals surface area contributed by atoms with E-state index in [1.165, 1.54) is 0 Å². The fourth-order valence-corrected chi connectivity index (χ4v) is 2.97. The largest absolute Gasteiger partial charge is 0.324 e. The molecule has 0 aliphatic heterocycles. The monoisotopic (exact) mass is 333 g/mol. The predicted molar refractivity (Wildman–Crippen MR) is 72.3 cm³/mol. The second-order valence-corrected chi connectivity index (χ2v) is 6.08. The van der Waals surface area contributed by atoms with Gasteiger partial charge in [0.2, 0.25) is 0 Å². The van der Waals surface area contributed by atoms with Gasteiger partial charge in [0.05, 0.1) is 12.1 Å². The van der Waals surface area contributed by atoms with Gasteiger partial charge < -0.3 is 28.7 Å². The van der Waals surface area contributed by atoms with Crippen LogP contribution in [0.4, 0.5) is 0 Å². The van der Waals surface area contributed by atoms with Crippen LogP contribution in [0.2, 0.25) is 0 Å². The molecule has 1 aromatic carbocycles. The summed E-state index contributed by atoms with van der Waals surface area (Å²) in [6.07, 6.45) is 0. The first-order valence-electron chi connectivity index (χ1n) is 4.96. The van der Waals surface area contributed by atoms with Crippen LogP contribution in [0.25, 0.3) is 0 Å². The molecular weight excluding hydrogens is 317 g/mol. The molecule has 3 unspecified atom stereocenters. The lowest BCUT2D eigenvalue weighted by atomic mass is 9.75. The zero-order valence-corrected chi connectivity index (χ0v) is 10.9. The van der Waals surface area contributed by atoms with Gasteiger partial charge in [-0.25, -0.2) is 0 Å². The van der Waals surface area contributed by atoms with Gasteiger partial charge in [0.1, 0.15) is 9.21 Å². The van der Waals surface area contributed by atoms with E-state index < -0.39 is 21.3 Å². The number of halogens is 1. The molecule has 1 aliphatic carbocycles. The Balaban J connectivity index is 2.70. The Bertz CT molecular complexity index is 378. The van der Waals surface area contributed by atoms with Crippen LogP contribution in [-0.2, 0) is 9.21 Å². The van der Waals surface area contributed by atoms with Gasteiger partial charge in [0.25, 0.3) is 0 Å². The summed E-state index contributed by atoms with van der Waals surface area (Å²) in [5.41, 5.74) is 30.8. The van der Waals surface area contributed by atoms with Crippen molar-refractivity contribution in [1.82, 2.24) is 0 Å². The van der Waals surface area contributed by atoms with E-state index in [0.717, 1.165) is 11.1 Å². The minimum Gasteiger partial charge on any atom is -0.324 e. The van der Waals surface area contributed by atoms with Crippen molar-refractivity contribution in [3.63, 3.8) is 0 Å². The first-order valence-corrected chi connectivity index (χ1v) is 6.04. The van der Waals surface area contributed by atoms with Crippen molar-refractivity contribution >= 4 is 22.6 Å². The molecule has 5 nitrogen and oxygen atoms in total. The summed E-state index contributed by atoms with van der Waals surface area (Å²) in [5, 5.41) is 0. The van der Waals surface area contributed by atoms with E-state index in [0.29, 0.717) is 0 Å². The predicted octanol–water partition coefficient (Wildman–Crippen LogP) is -1.03. The first-order chi connectivity index (χ1) is 7.29. The fourth-order valence-electron chi connectivity index (χ4n) is 2.11. The maximum atomic E-state index is 6.22. The fraction of sp³-hybridized carbons (Fsp3) is 0.400. The van der Waals surface area contributed by atoms with Gasteiger partial charge in [-0.2, -0.15) is 0 Å². The Morgan fingerprint density at radius 2 is 1.44 bits per heavy atom. The van der Waals surface area contributed by atoms with Crippen molar-refractivity contribution in [1.29, 1.82) is 0 Å². The summed E-state index contributed by atoms with van der Waals surface area (Å²) in [4.78, 5) is 0. The smallest absolute Gasteiger partial charge is 0.111 e. The Kier molecular flexibility index (Phi) is 2.76. The molecule has 0 radical (unpaired) electrons. The third kappa shape index (κ3) is 1.49. The van der Waals surface area contributed by atoms with Crippen molar-refractivity contribution in [2.45, 2.75) is 21.3 Å². The minimum atomic E-state index is -1.13. The maximum Gasteiger partial charge on any atom is 0.111 e. The van der Waals surface area contributed by atoms with Gasteiger partial charge in [-0.05, 0) is 11.1 Å². The van der Waals surface area contributed by atoms with Crippen molar-refractivity contribution < 1.29 is 0 Å². The summed E-state index contributed by atoms with van der Waals surface area (Å²) in [5.74, 6) is 0. The number of hydrogen-bond acceptors (Lipinski definition) is 5. The Hall–Kier alpha value is -0.250. The lowest BCUT2D eigenvalue weighted by Gasteiger charge is -2.48. The number of nitrogens with two attached hydrogens (primary N) is 5. The van der Waals surface area contributed by atoms with Crippen molar-refractivity contribution in [3.8, 4) is 0 Å². The number of hydrogen-bond donors (Lipinski definition) is 5. The van der Waals surface area contributed by atoms with E-state index in [1.54, 1.807) is 0 Å². The quantitative estimate of drug-likeness (QED) is 0.179. The molecule has 0 saturated heterocycles. The summed E-state index contributed by atoms with van der Waals surface area (Å²) < 4.78 is -0.740. The van der Waals surface area contributed by atoms with E-state index in [4.69, 9.17) is 28.7 Å². The van der Waals surface area contributed by atoms with E-state index in [9.17, 15) is 0 Å². The molecule has 0 saturated carbocycles. The van der Waals surface area contributed by atoms with Crippen LogP contribution in [0.5, 0.6) is 0 Å². The molecule has 0 aromatic heterocycles. The molecule has 0 heterocycles. The second kappa shape index (κ2) is 3.62. The topological polar surface area (TPSA) is 130 Å². The molecule has 0 amide bonds. The molecule has 1 aliphatic rings. The number of alkyl halides is 1. The highest BCUT2D eigenvalue weighted by Crippen LogP contribution is 2.41. The van der Waals surface area contributed by atoms with Gasteiger partial charge in [-0.1, -0.05) is 46.9 Å². The highest BCUT2D eigenvalue weighted by atomic mass is 127. The molecule has 16 heavy (non-hydrogen) atoms. The lowest BCUT2D eigenvalue weighted by Crippen LogP contribution is -2.74. The van der Waals surface area contributed by atoms with Crippen molar-refractivity contribution in [3.05, 3.63) is 35.4 Å². The van der Waals surface area contributed by atoms with E-state index in [2.05, 4.69) is 22.6 Å². The second-order valence-electron chi connectivity index (χ2n) is 4.30. The minimum absolute atomic E-state index is 0.488. The molecule has 0 spiro atoms. The third-order valence-electron chi connectivity index (χ3n) is 3.23. The summed E-state index contributed by atoms with van der Waals surface area (Å²) >= 11 is 2.10. The third-order valence-corrected chi connectivity index (χ3v) is 4.53. The highest BCUT2D eigenvalue weighted by molar-refractivity contribution is 14.1. The number of benzene rings is 1. The van der Waals surface area contributed by atoms with Crippen LogP contribution in [0, 0.1) is 0 Å². The molecule has 10 N–H and O–H groups in total. The zero-order chi connectivity index (χ0) is 12.1. The van der Waals surface area contributed by atoms with Crippen LogP contribution >= 0.6 is 22.6 Å².